The number of thiophene rings is 1. The van der Waals surface area contributed by atoms with Crippen LogP contribution in [0.1, 0.15) is 28.9 Å². The summed E-state index contributed by atoms with van der Waals surface area (Å²) in [5, 5.41) is 6.65. The molecule has 0 aromatic carbocycles. The average Bonchev–Trinajstić information content (AvgIpc) is 2.92. The zero-order valence-corrected chi connectivity index (χ0v) is 11.1. The van der Waals surface area contributed by atoms with Gasteiger partial charge in [0.05, 0.1) is 8.66 Å². The number of rotatable bonds is 2. The second-order valence-corrected chi connectivity index (χ2v) is 6.93. The van der Waals surface area contributed by atoms with E-state index in [4.69, 9.17) is 0 Å². The van der Waals surface area contributed by atoms with Gasteiger partial charge in [-0.1, -0.05) is 0 Å². The van der Waals surface area contributed by atoms with Crippen molar-refractivity contribution in [2.75, 3.05) is 0 Å². The highest BCUT2D eigenvalue weighted by molar-refractivity contribution is 9.11. The molecule has 3 atom stereocenters. The van der Waals surface area contributed by atoms with Crippen LogP contribution in [-0.4, -0.2) is 24.0 Å². The monoisotopic (exact) mass is 300 g/mol. The van der Waals surface area contributed by atoms with Crippen LogP contribution < -0.4 is 10.6 Å². The van der Waals surface area contributed by atoms with Crippen molar-refractivity contribution < 1.29 is 4.79 Å². The van der Waals surface area contributed by atoms with Gasteiger partial charge in [0.2, 0.25) is 0 Å². The molecule has 2 fully saturated rings. The van der Waals surface area contributed by atoms with Gasteiger partial charge < -0.3 is 10.6 Å². The predicted octanol–water partition coefficient (Wildman–Crippen LogP) is 2.13. The summed E-state index contributed by atoms with van der Waals surface area (Å²) >= 11 is 4.86. The number of nitrogens with one attached hydrogen (secondary N) is 2. The quantitative estimate of drug-likeness (QED) is 0.878. The normalized spacial score (nSPS) is 31.9. The number of amides is 1. The molecule has 5 heteroatoms. The Balaban J connectivity index is 1.65. The first kappa shape index (κ1) is 10.7. The maximum atomic E-state index is 11.9. The molecule has 0 unspecified atom stereocenters. The van der Waals surface area contributed by atoms with Gasteiger partial charge in [-0.15, -0.1) is 11.3 Å². The Labute approximate surface area is 107 Å². The van der Waals surface area contributed by atoms with E-state index >= 15 is 0 Å². The van der Waals surface area contributed by atoms with Crippen LogP contribution in [-0.2, 0) is 0 Å². The van der Waals surface area contributed by atoms with Gasteiger partial charge in [0.1, 0.15) is 0 Å². The summed E-state index contributed by atoms with van der Waals surface area (Å²) in [7, 11) is 0. The van der Waals surface area contributed by atoms with Crippen molar-refractivity contribution in [2.45, 2.75) is 37.4 Å². The molecule has 0 saturated carbocycles. The highest BCUT2D eigenvalue weighted by atomic mass is 79.9. The van der Waals surface area contributed by atoms with Gasteiger partial charge in [0, 0.05) is 18.1 Å². The van der Waals surface area contributed by atoms with Gasteiger partial charge in [0.25, 0.3) is 5.91 Å². The molecule has 3 heterocycles. The van der Waals surface area contributed by atoms with E-state index < -0.39 is 0 Å². The third-order valence-electron chi connectivity index (χ3n) is 3.41. The lowest BCUT2D eigenvalue weighted by atomic mass is 9.95. The molecular weight excluding hydrogens is 288 g/mol. The third-order valence-corrected chi connectivity index (χ3v) is 5.04. The molecule has 2 saturated heterocycles. The van der Waals surface area contributed by atoms with Gasteiger partial charge in [-0.25, -0.2) is 0 Å². The van der Waals surface area contributed by atoms with E-state index in [1.807, 2.05) is 12.1 Å². The molecule has 2 aliphatic heterocycles. The summed E-state index contributed by atoms with van der Waals surface area (Å²) in [5.74, 6) is 0.0649. The topological polar surface area (TPSA) is 41.1 Å². The smallest absolute Gasteiger partial charge is 0.261 e. The zero-order chi connectivity index (χ0) is 11.1. The Morgan fingerprint density at radius 2 is 2.38 bits per heavy atom. The fraction of sp³-hybridized carbons (Fsp3) is 0.545. The summed E-state index contributed by atoms with van der Waals surface area (Å²) in [4.78, 5) is 12.7. The van der Waals surface area contributed by atoms with Gasteiger partial charge >= 0.3 is 0 Å². The molecule has 16 heavy (non-hydrogen) atoms. The van der Waals surface area contributed by atoms with Crippen molar-refractivity contribution >= 4 is 33.2 Å². The molecule has 86 valence electrons. The molecule has 2 bridgehead atoms. The van der Waals surface area contributed by atoms with Crippen LogP contribution in [0.15, 0.2) is 15.9 Å². The maximum absolute atomic E-state index is 11.9. The first-order valence-corrected chi connectivity index (χ1v) is 7.15. The van der Waals surface area contributed by atoms with Gasteiger partial charge in [-0.05, 0) is 47.3 Å². The lowest BCUT2D eigenvalue weighted by Crippen LogP contribution is -2.42. The van der Waals surface area contributed by atoms with Crippen molar-refractivity contribution in [1.29, 1.82) is 0 Å². The molecule has 3 nitrogen and oxygen atoms in total. The maximum Gasteiger partial charge on any atom is 0.261 e. The number of carbonyl (C=O) groups is 1. The number of hydrogen-bond acceptors (Lipinski definition) is 3. The average molecular weight is 301 g/mol. The van der Waals surface area contributed by atoms with Crippen LogP contribution in [0.25, 0.3) is 0 Å². The van der Waals surface area contributed by atoms with E-state index in [2.05, 4.69) is 26.6 Å². The SMILES string of the molecule is O=C(N[C@H]1C[C@H]2CC[C@@H]1N2)c1ccc(Br)s1. The lowest BCUT2D eigenvalue weighted by molar-refractivity contribution is 0.0935. The molecule has 2 N–H and O–H groups in total. The molecule has 1 aromatic rings. The minimum atomic E-state index is 0.0649. The van der Waals surface area contributed by atoms with Gasteiger partial charge in [0.15, 0.2) is 0 Å². The molecule has 0 radical (unpaired) electrons. The van der Waals surface area contributed by atoms with Crippen molar-refractivity contribution in [3.05, 3.63) is 20.8 Å². The molecule has 2 aliphatic rings. The summed E-state index contributed by atoms with van der Waals surface area (Å²) in [6.07, 6.45) is 3.55. The van der Waals surface area contributed by atoms with E-state index in [1.54, 1.807) is 0 Å². The Morgan fingerprint density at radius 3 is 2.94 bits per heavy atom. The Kier molecular flexibility index (Phi) is 2.77. The van der Waals surface area contributed by atoms with Crippen LogP contribution in [0.3, 0.4) is 0 Å². The molecular formula is C11H13BrN2OS. The number of halogens is 1. The fourth-order valence-corrected chi connectivity index (χ4v) is 3.95. The second-order valence-electron chi connectivity index (χ2n) is 4.47. The summed E-state index contributed by atoms with van der Waals surface area (Å²) in [5.41, 5.74) is 0. The number of carbonyl (C=O) groups excluding carboxylic acids is 1. The minimum Gasteiger partial charge on any atom is -0.347 e. The Hall–Kier alpha value is -0.390. The van der Waals surface area contributed by atoms with Gasteiger partial charge in [-0.3, -0.25) is 4.79 Å². The molecule has 1 amide bonds. The van der Waals surface area contributed by atoms with Crippen LogP contribution in [0, 0.1) is 0 Å². The lowest BCUT2D eigenvalue weighted by Gasteiger charge is -2.20. The van der Waals surface area contributed by atoms with Crippen molar-refractivity contribution in [3.8, 4) is 0 Å². The highest BCUT2D eigenvalue weighted by Crippen LogP contribution is 2.29. The second kappa shape index (κ2) is 4.13. The van der Waals surface area contributed by atoms with E-state index in [9.17, 15) is 4.79 Å². The molecule has 0 aliphatic carbocycles. The summed E-state index contributed by atoms with van der Waals surface area (Å²) in [6.45, 7) is 0. The molecule has 0 spiro atoms. The minimum absolute atomic E-state index is 0.0649. The third kappa shape index (κ3) is 1.92. The van der Waals surface area contributed by atoms with Gasteiger partial charge in [-0.2, -0.15) is 0 Å². The first-order chi connectivity index (χ1) is 7.72. The van der Waals surface area contributed by atoms with Crippen molar-refractivity contribution in [1.82, 2.24) is 10.6 Å². The van der Waals surface area contributed by atoms with Crippen molar-refractivity contribution in [2.24, 2.45) is 0 Å². The molecule has 1 aromatic heterocycles. The zero-order valence-electron chi connectivity index (χ0n) is 8.70. The largest absolute Gasteiger partial charge is 0.347 e. The van der Waals surface area contributed by atoms with E-state index in [0.29, 0.717) is 18.1 Å². The fourth-order valence-electron chi connectivity index (χ4n) is 2.66. The standard InChI is InChI=1S/C11H13BrN2OS/c12-10-4-3-9(16-10)11(15)14-8-5-6-1-2-7(8)13-6/h3-4,6-8,13H,1-2,5H2,(H,14,15)/t6-,7+,8+/m1/s1. The molecule has 3 rings (SSSR count). The van der Waals surface area contributed by atoms with E-state index in [1.165, 1.54) is 24.2 Å². The van der Waals surface area contributed by atoms with Crippen LogP contribution in [0.5, 0.6) is 0 Å². The Bertz CT molecular complexity index is 420. The number of fused-ring (bicyclic) bond motifs is 2. The predicted molar refractivity (Wildman–Crippen MR) is 67.8 cm³/mol. The Morgan fingerprint density at radius 1 is 1.50 bits per heavy atom. The van der Waals surface area contributed by atoms with Crippen LogP contribution in [0.2, 0.25) is 0 Å². The van der Waals surface area contributed by atoms with E-state index in [-0.39, 0.29) is 5.91 Å². The number of hydrogen-bond donors (Lipinski definition) is 2. The van der Waals surface area contributed by atoms with Crippen LogP contribution >= 0.6 is 27.3 Å². The highest BCUT2D eigenvalue weighted by Gasteiger charge is 2.39. The summed E-state index contributed by atoms with van der Waals surface area (Å²) < 4.78 is 1.00. The summed E-state index contributed by atoms with van der Waals surface area (Å²) in [6, 6.07) is 5.23. The first-order valence-electron chi connectivity index (χ1n) is 5.54. The van der Waals surface area contributed by atoms with Crippen LogP contribution in [0.4, 0.5) is 0 Å². The van der Waals surface area contributed by atoms with Crippen molar-refractivity contribution in [3.63, 3.8) is 0 Å². The van der Waals surface area contributed by atoms with E-state index in [0.717, 1.165) is 15.1 Å².